The molecular weight excluding hydrogens is 232 g/mol. The summed E-state index contributed by atoms with van der Waals surface area (Å²) in [5.41, 5.74) is 10.9. The third kappa shape index (κ3) is 3.15. The van der Waals surface area contributed by atoms with Crippen LogP contribution in [-0.2, 0) is 0 Å². The van der Waals surface area contributed by atoms with Gasteiger partial charge >= 0.3 is 0 Å². The van der Waals surface area contributed by atoms with E-state index in [1.54, 1.807) is 0 Å². The molecular formula is C17H22N2. The highest BCUT2D eigenvalue weighted by molar-refractivity contribution is 5.62. The van der Waals surface area contributed by atoms with Crippen LogP contribution < -0.4 is 10.6 Å². The fourth-order valence-corrected chi connectivity index (χ4v) is 2.10. The molecule has 2 aromatic carbocycles. The first-order valence-electron chi connectivity index (χ1n) is 6.77. The van der Waals surface area contributed by atoms with Crippen LogP contribution in [0.3, 0.4) is 0 Å². The Bertz CT molecular complexity index is 514. The lowest BCUT2D eigenvalue weighted by atomic mass is 10.0. The normalized spacial score (nSPS) is 12.2. The molecule has 0 bridgehead atoms. The van der Waals surface area contributed by atoms with Crippen LogP contribution in [-0.4, -0.2) is 7.05 Å². The molecule has 2 N–H and O–H groups in total. The van der Waals surface area contributed by atoms with Crippen molar-refractivity contribution in [2.45, 2.75) is 26.3 Å². The van der Waals surface area contributed by atoms with Crippen LogP contribution in [0.1, 0.15) is 30.5 Å². The van der Waals surface area contributed by atoms with E-state index in [1.165, 1.54) is 22.5 Å². The standard InChI is InChI=1S/C17H22N2/c1-4-17(18)14-7-11-16(12-8-14)19(3)15-9-5-13(2)6-10-15/h5-12,17H,4,18H2,1-3H3/t17-/m0/s1. The fraction of sp³-hybridized carbons (Fsp3) is 0.294. The molecule has 0 fully saturated rings. The van der Waals surface area contributed by atoms with Crippen LogP contribution in [0.4, 0.5) is 11.4 Å². The predicted octanol–water partition coefficient (Wildman–Crippen LogP) is 4.17. The van der Waals surface area contributed by atoms with E-state index in [-0.39, 0.29) is 6.04 Å². The zero-order chi connectivity index (χ0) is 13.8. The van der Waals surface area contributed by atoms with Gasteiger partial charge in [-0.2, -0.15) is 0 Å². The Labute approximate surface area is 115 Å². The maximum atomic E-state index is 6.03. The molecule has 0 aliphatic heterocycles. The SMILES string of the molecule is CC[C@H](N)c1ccc(N(C)c2ccc(C)cc2)cc1. The van der Waals surface area contributed by atoms with Gasteiger partial charge in [-0.1, -0.05) is 36.8 Å². The van der Waals surface area contributed by atoms with Gasteiger partial charge < -0.3 is 10.6 Å². The van der Waals surface area contributed by atoms with Crippen molar-refractivity contribution in [3.05, 3.63) is 59.7 Å². The zero-order valence-corrected chi connectivity index (χ0v) is 11.9. The molecule has 2 heteroatoms. The number of hydrogen-bond donors (Lipinski definition) is 1. The van der Waals surface area contributed by atoms with E-state index in [9.17, 15) is 0 Å². The van der Waals surface area contributed by atoms with E-state index in [1.807, 2.05) is 0 Å². The van der Waals surface area contributed by atoms with E-state index in [0.29, 0.717) is 0 Å². The van der Waals surface area contributed by atoms with Gasteiger partial charge in [0.15, 0.2) is 0 Å². The van der Waals surface area contributed by atoms with Gasteiger partial charge in [0.2, 0.25) is 0 Å². The minimum Gasteiger partial charge on any atom is -0.345 e. The fourth-order valence-electron chi connectivity index (χ4n) is 2.10. The molecule has 0 aliphatic rings. The summed E-state index contributed by atoms with van der Waals surface area (Å²) in [5, 5.41) is 0. The minimum atomic E-state index is 0.138. The Kier molecular flexibility index (Phi) is 4.23. The number of hydrogen-bond acceptors (Lipinski definition) is 2. The van der Waals surface area contributed by atoms with Crippen LogP contribution in [0.25, 0.3) is 0 Å². The smallest absolute Gasteiger partial charge is 0.0408 e. The molecule has 100 valence electrons. The maximum absolute atomic E-state index is 6.03. The van der Waals surface area contributed by atoms with E-state index >= 15 is 0 Å². The van der Waals surface area contributed by atoms with Gasteiger partial charge in [-0.3, -0.25) is 0 Å². The average Bonchev–Trinajstić information content (AvgIpc) is 2.46. The molecule has 19 heavy (non-hydrogen) atoms. The van der Waals surface area contributed by atoms with Crippen molar-refractivity contribution in [3.63, 3.8) is 0 Å². The molecule has 0 amide bonds. The molecule has 0 saturated heterocycles. The molecule has 0 radical (unpaired) electrons. The second-order valence-corrected chi connectivity index (χ2v) is 5.00. The van der Waals surface area contributed by atoms with Crippen molar-refractivity contribution in [2.24, 2.45) is 5.73 Å². The Morgan fingerprint density at radius 1 is 0.947 bits per heavy atom. The molecule has 2 nitrogen and oxygen atoms in total. The second-order valence-electron chi connectivity index (χ2n) is 5.00. The topological polar surface area (TPSA) is 29.3 Å². The molecule has 0 saturated carbocycles. The van der Waals surface area contributed by atoms with E-state index in [2.05, 4.69) is 74.3 Å². The number of anilines is 2. The van der Waals surface area contributed by atoms with Crippen LogP contribution >= 0.6 is 0 Å². The Morgan fingerprint density at radius 3 is 1.89 bits per heavy atom. The lowest BCUT2D eigenvalue weighted by molar-refractivity contribution is 0.699. The zero-order valence-electron chi connectivity index (χ0n) is 11.9. The number of nitrogens with two attached hydrogens (primary N) is 1. The number of aryl methyl sites for hydroxylation is 1. The van der Waals surface area contributed by atoms with Crippen molar-refractivity contribution in [3.8, 4) is 0 Å². The quantitative estimate of drug-likeness (QED) is 0.887. The maximum Gasteiger partial charge on any atom is 0.0408 e. The third-order valence-electron chi connectivity index (χ3n) is 3.57. The van der Waals surface area contributed by atoms with Gasteiger partial charge in [-0.15, -0.1) is 0 Å². The largest absolute Gasteiger partial charge is 0.345 e. The Balaban J connectivity index is 2.19. The molecule has 0 spiro atoms. The summed E-state index contributed by atoms with van der Waals surface area (Å²) in [6.07, 6.45) is 0.965. The van der Waals surface area contributed by atoms with Gasteiger partial charge in [-0.05, 0) is 43.2 Å². The summed E-state index contributed by atoms with van der Waals surface area (Å²) in [5.74, 6) is 0. The van der Waals surface area contributed by atoms with Crippen LogP contribution in [0.2, 0.25) is 0 Å². The summed E-state index contributed by atoms with van der Waals surface area (Å²) in [7, 11) is 2.08. The second kappa shape index (κ2) is 5.89. The summed E-state index contributed by atoms with van der Waals surface area (Å²) in [6.45, 7) is 4.21. The van der Waals surface area contributed by atoms with Crippen LogP contribution in [0.15, 0.2) is 48.5 Å². The summed E-state index contributed by atoms with van der Waals surface area (Å²) in [6, 6.07) is 17.2. The Hall–Kier alpha value is -1.80. The summed E-state index contributed by atoms with van der Waals surface area (Å²) in [4.78, 5) is 2.18. The van der Waals surface area contributed by atoms with Gasteiger partial charge in [0, 0.05) is 24.5 Å². The monoisotopic (exact) mass is 254 g/mol. The van der Waals surface area contributed by atoms with Crippen molar-refractivity contribution in [1.29, 1.82) is 0 Å². The van der Waals surface area contributed by atoms with Gasteiger partial charge in [0.05, 0.1) is 0 Å². The third-order valence-corrected chi connectivity index (χ3v) is 3.57. The van der Waals surface area contributed by atoms with E-state index in [4.69, 9.17) is 5.73 Å². The number of nitrogens with zero attached hydrogens (tertiary/aromatic N) is 1. The first-order chi connectivity index (χ1) is 9.11. The van der Waals surface area contributed by atoms with Crippen LogP contribution in [0.5, 0.6) is 0 Å². The molecule has 0 aliphatic carbocycles. The first-order valence-corrected chi connectivity index (χ1v) is 6.77. The van der Waals surface area contributed by atoms with E-state index in [0.717, 1.165) is 6.42 Å². The highest BCUT2D eigenvalue weighted by Crippen LogP contribution is 2.25. The highest BCUT2D eigenvalue weighted by Gasteiger charge is 2.06. The highest BCUT2D eigenvalue weighted by atomic mass is 15.1. The molecule has 0 aromatic heterocycles. The van der Waals surface area contributed by atoms with Gasteiger partial charge in [0.25, 0.3) is 0 Å². The van der Waals surface area contributed by atoms with Gasteiger partial charge in [0.1, 0.15) is 0 Å². The van der Waals surface area contributed by atoms with Crippen LogP contribution in [0, 0.1) is 6.92 Å². The van der Waals surface area contributed by atoms with E-state index < -0.39 is 0 Å². The minimum absolute atomic E-state index is 0.138. The van der Waals surface area contributed by atoms with Gasteiger partial charge in [-0.25, -0.2) is 0 Å². The Morgan fingerprint density at radius 2 is 1.42 bits per heavy atom. The molecule has 0 unspecified atom stereocenters. The summed E-state index contributed by atoms with van der Waals surface area (Å²) < 4.78 is 0. The van der Waals surface area contributed by atoms with Crippen molar-refractivity contribution in [1.82, 2.24) is 0 Å². The summed E-state index contributed by atoms with van der Waals surface area (Å²) >= 11 is 0. The predicted molar refractivity (Wildman–Crippen MR) is 82.9 cm³/mol. The average molecular weight is 254 g/mol. The number of benzene rings is 2. The lowest BCUT2D eigenvalue weighted by Gasteiger charge is -2.20. The van der Waals surface area contributed by atoms with Crippen molar-refractivity contribution < 1.29 is 0 Å². The molecule has 0 heterocycles. The molecule has 2 rings (SSSR count). The first kappa shape index (κ1) is 13.6. The molecule has 2 aromatic rings. The lowest BCUT2D eigenvalue weighted by Crippen LogP contribution is -2.11. The van der Waals surface area contributed by atoms with Crippen molar-refractivity contribution >= 4 is 11.4 Å². The number of rotatable bonds is 4. The molecule has 1 atom stereocenters. The van der Waals surface area contributed by atoms with Crippen molar-refractivity contribution in [2.75, 3.05) is 11.9 Å².